The summed E-state index contributed by atoms with van der Waals surface area (Å²) in [6.07, 6.45) is 8.05. The number of carbonyl (C=O) groups is 2. The van der Waals surface area contributed by atoms with Crippen LogP contribution in [-0.2, 0) is 9.59 Å². The van der Waals surface area contributed by atoms with Crippen molar-refractivity contribution in [1.29, 1.82) is 0 Å². The Balaban J connectivity index is 1.53. The Kier molecular flexibility index (Phi) is 4.77. The van der Waals surface area contributed by atoms with E-state index in [1.807, 2.05) is 0 Å². The van der Waals surface area contributed by atoms with Gasteiger partial charge in [-0.3, -0.25) is 14.7 Å². The number of nitrogen functional groups attached to an aromatic ring is 1. The zero-order valence-electron chi connectivity index (χ0n) is 15.0. The zero-order chi connectivity index (χ0) is 19.0. The number of amides is 2. The number of likely N-dealkylation sites (tertiary alicyclic amines) is 1. The third-order valence-electron chi connectivity index (χ3n) is 5.23. The van der Waals surface area contributed by atoms with Crippen molar-refractivity contribution >= 4 is 46.0 Å². The predicted octanol–water partition coefficient (Wildman–Crippen LogP) is 2.12. The highest BCUT2D eigenvalue weighted by molar-refractivity contribution is 8.03. The van der Waals surface area contributed by atoms with Gasteiger partial charge in [-0.05, 0) is 30.6 Å². The van der Waals surface area contributed by atoms with Crippen LogP contribution in [-0.4, -0.2) is 49.7 Å². The first-order valence-electron chi connectivity index (χ1n) is 9.04. The first kappa shape index (κ1) is 17.8. The molecule has 2 aliphatic rings. The first-order valence-corrected chi connectivity index (χ1v) is 9.99. The maximum absolute atomic E-state index is 13.0. The summed E-state index contributed by atoms with van der Waals surface area (Å²) in [6.45, 7) is 2.72. The van der Waals surface area contributed by atoms with E-state index in [0.717, 1.165) is 19.3 Å². The standard InChI is InChI=1S/C18H22N6O2S/c1-10-4-5-13(14-3-2-6-27-14)24(9-10)18(26)17(25)22-12-8-20-16(19)11-7-21-23-15(11)12/h2,6-8,10,13-14H,3-5,9H2,1H3,(H2,19,20)(H,21,23)(H,22,25)/t10-,13+,14?/m1/s1. The Morgan fingerprint density at radius 1 is 1.37 bits per heavy atom. The fourth-order valence-corrected chi connectivity index (χ4v) is 4.91. The van der Waals surface area contributed by atoms with Crippen molar-refractivity contribution in [1.82, 2.24) is 20.1 Å². The van der Waals surface area contributed by atoms with Crippen molar-refractivity contribution < 1.29 is 9.59 Å². The molecule has 0 spiro atoms. The molecule has 0 saturated carbocycles. The van der Waals surface area contributed by atoms with Crippen LogP contribution in [0.15, 0.2) is 23.9 Å². The fraction of sp³-hybridized carbons (Fsp3) is 0.444. The van der Waals surface area contributed by atoms with Crippen molar-refractivity contribution in [2.24, 2.45) is 5.92 Å². The molecule has 1 saturated heterocycles. The summed E-state index contributed by atoms with van der Waals surface area (Å²) >= 11 is 1.75. The highest BCUT2D eigenvalue weighted by Crippen LogP contribution is 2.35. The average molecular weight is 386 g/mol. The van der Waals surface area contributed by atoms with Gasteiger partial charge in [0.25, 0.3) is 0 Å². The number of rotatable bonds is 2. The molecule has 4 heterocycles. The molecular formula is C18H22N6O2S. The highest BCUT2D eigenvalue weighted by atomic mass is 32.2. The van der Waals surface area contributed by atoms with Crippen molar-refractivity contribution in [3.05, 3.63) is 23.9 Å². The molecular weight excluding hydrogens is 364 g/mol. The van der Waals surface area contributed by atoms with Gasteiger partial charge in [-0.15, -0.1) is 11.8 Å². The molecule has 27 heavy (non-hydrogen) atoms. The summed E-state index contributed by atoms with van der Waals surface area (Å²) in [6, 6.07) is 0.0798. The first-order chi connectivity index (χ1) is 13.0. The van der Waals surface area contributed by atoms with E-state index in [-0.39, 0.29) is 6.04 Å². The molecule has 2 aliphatic heterocycles. The Bertz CT molecular complexity index is 902. The van der Waals surface area contributed by atoms with E-state index in [0.29, 0.717) is 40.1 Å². The maximum Gasteiger partial charge on any atom is 0.314 e. The fourth-order valence-electron chi connectivity index (χ4n) is 3.80. The van der Waals surface area contributed by atoms with Crippen molar-refractivity contribution in [2.75, 3.05) is 17.6 Å². The van der Waals surface area contributed by atoms with Gasteiger partial charge < -0.3 is 16.0 Å². The summed E-state index contributed by atoms with van der Waals surface area (Å²) in [4.78, 5) is 31.5. The zero-order valence-corrected chi connectivity index (χ0v) is 15.8. The van der Waals surface area contributed by atoms with E-state index in [2.05, 4.69) is 38.9 Å². The minimum atomic E-state index is -0.660. The normalized spacial score (nSPS) is 25.1. The molecule has 2 aromatic heterocycles. The molecule has 2 amide bonds. The van der Waals surface area contributed by atoms with Gasteiger partial charge in [-0.25, -0.2) is 4.98 Å². The Hall–Kier alpha value is -2.55. The highest BCUT2D eigenvalue weighted by Gasteiger charge is 2.38. The van der Waals surface area contributed by atoms with Crippen LogP contribution in [0.5, 0.6) is 0 Å². The maximum atomic E-state index is 13.0. The van der Waals surface area contributed by atoms with Crippen LogP contribution in [0, 0.1) is 5.92 Å². The number of aromatic amines is 1. The van der Waals surface area contributed by atoms with E-state index in [1.54, 1.807) is 22.9 Å². The number of fused-ring (bicyclic) bond motifs is 1. The largest absolute Gasteiger partial charge is 0.383 e. The third-order valence-corrected chi connectivity index (χ3v) is 6.44. The molecule has 1 unspecified atom stereocenters. The van der Waals surface area contributed by atoms with Crippen LogP contribution < -0.4 is 11.1 Å². The van der Waals surface area contributed by atoms with Gasteiger partial charge in [-0.2, -0.15) is 5.10 Å². The number of nitrogens with zero attached hydrogens (tertiary/aromatic N) is 3. The SMILES string of the molecule is C[C@@H]1CC[C@@H](C2CC=CS2)N(C(=O)C(=O)Nc2cnc(N)c3cn[nH]c23)C1. The number of hydrogen-bond acceptors (Lipinski definition) is 6. The predicted molar refractivity (Wildman–Crippen MR) is 106 cm³/mol. The molecule has 1 fully saturated rings. The number of hydrogen-bond donors (Lipinski definition) is 3. The van der Waals surface area contributed by atoms with Crippen LogP contribution >= 0.6 is 11.8 Å². The van der Waals surface area contributed by atoms with Crippen LogP contribution in [0.3, 0.4) is 0 Å². The second kappa shape index (κ2) is 7.22. The number of H-pyrrole nitrogens is 1. The summed E-state index contributed by atoms with van der Waals surface area (Å²) in [5, 5.41) is 12.4. The minimum absolute atomic E-state index is 0.0798. The summed E-state index contributed by atoms with van der Waals surface area (Å²) in [5.74, 6) is -0.454. The van der Waals surface area contributed by atoms with E-state index in [1.165, 1.54) is 6.20 Å². The number of carbonyl (C=O) groups excluding carboxylic acids is 2. The molecule has 142 valence electrons. The molecule has 4 N–H and O–H groups in total. The second-order valence-corrected chi connectivity index (χ2v) is 8.31. The van der Waals surface area contributed by atoms with E-state index in [9.17, 15) is 9.59 Å². The summed E-state index contributed by atoms with van der Waals surface area (Å²) < 4.78 is 0. The molecule has 9 heteroatoms. The Morgan fingerprint density at radius 3 is 3.00 bits per heavy atom. The van der Waals surface area contributed by atoms with Gasteiger partial charge in [0.1, 0.15) is 5.82 Å². The van der Waals surface area contributed by atoms with Gasteiger partial charge in [0.05, 0.1) is 29.0 Å². The van der Waals surface area contributed by atoms with E-state index in [4.69, 9.17) is 5.73 Å². The molecule has 0 aromatic carbocycles. The number of anilines is 2. The van der Waals surface area contributed by atoms with Crippen molar-refractivity contribution in [3.8, 4) is 0 Å². The lowest BCUT2D eigenvalue weighted by Gasteiger charge is -2.41. The van der Waals surface area contributed by atoms with Crippen molar-refractivity contribution in [2.45, 2.75) is 37.5 Å². The smallest absolute Gasteiger partial charge is 0.314 e. The average Bonchev–Trinajstić information content (AvgIpc) is 3.35. The van der Waals surface area contributed by atoms with Crippen LogP contribution in [0.1, 0.15) is 26.2 Å². The number of aromatic nitrogens is 3. The number of pyridine rings is 1. The third kappa shape index (κ3) is 3.39. The Morgan fingerprint density at radius 2 is 2.22 bits per heavy atom. The van der Waals surface area contributed by atoms with Gasteiger partial charge in [0.15, 0.2) is 0 Å². The van der Waals surface area contributed by atoms with Gasteiger partial charge in [0.2, 0.25) is 0 Å². The van der Waals surface area contributed by atoms with Crippen LogP contribution in [0.2, 0.25) is 0 Å². The molecule has 2 aromatic rings. The topological polar surface area (TPSA) is 117 Å². The number of allylic oxidation sites excluding steroid dienone is 1. The molecule has 8 nitrogen and oxygen atoms in total. The van der Waals surface area contributed by atoms with E-state index < -0.39 is 11.8 Å². The molecule has 0 radical (unpaired) electrons. The van der Waals surface area contributed by atoms with Gasteiger partial charge >= 0.3 is 11.8 Å². The molecule has 0 aliphatic carbocycles. The molecule has 0 bridgehead atoms. The molecule has 4 rings (SSSR count). The molecule has 3 atom stereocenters. The van der Waals surface area contributed by atoms with Gasteiger partial charge in [-0.1, -0.05) is 13.0 Å². The van der Waals surface area contributed by atoms with Crippen molar-refractivity contribution in [3.63, 3.8) is 0 Å². The summed E-state index contributed by atoms with van der Waals surface area (Å²) in [5.41, 5.74) is 6.77. The monoisotopic (exact) mass is 386 g/mol. The van der Waals surface area contributed by atoms with Gasteiger partial charge in [0, 0.05) is 17.8 Å². The second-order valence-electron chi connectivity index (χ2n) is 7.16. The quantitative estimate of drug-likeness (QED) is 0.681. The Labute approximate surface area is 161 Å². The van der Waals surface area contributed by atoms with Crippen LogP contribution in [0.4, 0.5) is 11.5 Å². The summed E-state index contributed by atoms with van der Waals surface area (Å²) in [7, 11) is 0. The number of thioether (sulfide) groups is 1. The minimum Gasteiger partial charge on any atom is -0.383 e. The lowest BCUT2D eigenvalue weighted by molar-refractivity contribution is -0.146. The lowest BCUT2D eigenvalue weighted by atomic mass is 9.91. The number of nitrogens with two attached hydrogens (primary N) is 1. The number of nitrogens with one attached hydrogen (secondary N) is 2. The van der Waals surface area contributed by atoms with Crippen LogP contribution in [0.25, 0.3) is 10.9 Å². The lowest BCUT2D eigenvalue weighted by Crippen LogP contribution is -2.53. The number of piperidine rings is 1. The van der Waals surface area contributed by atoms with E-state index >= 15 is 0 Å².